The van der Waals surface area contributed by atoms with Gasteiger partial charge >= 0.3 is 0 Å². The smallest absolute Gasteiger partial charge is 0.198 e. The largest absolute Gasteiger partial charge is 0.461 e. The van der Waals surface area contributed by atoms with Gasteiger partial charge in [0, 0.05) is 24.6 Å². The third kappa shape index (κ3) is 1.84. The summed E-state index contributed by atoms with van der Waals surface area (Å²) in [4.78, 5) is 12.0. The van der Waals surface area contributed by atoms with Crippen LogP contribution in [0.15, 0.2) is 47.1 Å². The molecule has 1 aliphatic rings. The van der Waals surface area contributed by atoms with Crippen LogP contribution >= 0.6 is 0 Å². The van der Waals surface area contributed by atoms with Crippen LogP contribution in [0.2, 0.25) is 0 Å². The van der Waals surface area contributed by atoms with Crippen molar-refractivity contribution in [3.63, 3.8) is 0 Å². The number of para-hydroxylation sites is 1. The Morgan fingerprint density at radius 3 is 3.00 bits per heavy atom. The molecule has 2 heterocycles. The summed E-state index contributed by atoms with van der Waals surface area (Å²) in [6.07, 6.45) is 2.03. The second-order valence-electron chi connectivity index (χ2n) is 4.27. The second kappa shape index (κ2) is 4.09. The van der Waals surface area contributed by atoms with Crippen LogP contribution in [0.25, 0.3) is 0 Å². The quantitative estimate of drug-likeness (QED) is 0.819. The Morgan fingerprint density at radius 2 is 2.18 bits per heavy atom. The van der Waals surface area contributed by atoms with Crippen molar-refractivity contribution >= 4 is 11.5 Å². The van der Waals surface area contributed by atoms with Crippen molar-refractivity contribution in [1.82, 2.24) is 0 Å². The predicted molar refractivity (Wildman–Crippen MR) is 65.3 cm³/mol. The van der Waals surface area contributed by atoms with E-state index in [1.807, 2.05) is 18.2 Å². The standard InChI is InChI=1S/C14H13NO2/c16-13(14-6-3-7-17-14)8-10-9-15-12-5-2-1-4-11(10)12/h1-7,10,15H,8-9H2. The van der Waals surface area contributed by atoms with Gasteiger partial charge in [0.15, 0.2) is 11.5 Å². The van der Waals surface area contributed by atoms with Crippen molar-refractivity contribution in [3.05, 3.63) is 54.0 Å². The number of benzene rings is 1. The van der Waals surface area contributed by atoms with Gasteiger partial charge < -0.3 is 9.73 Å². The van der Waals surface area contributed by atoms with E-state index in [0.29, 0.717) is 12.2 Å². The van der Waals surface area contributed by atoms with Crippen LogP contribution in [0.4, 0.5) is 5.69 Å². The Bertz CT molecular complexity index is 531. The molecule has 17 heavy (non-hydrogen) atoms. The molecule has 1 aromatic heterocycles. The van der Waals surface area contributed by atoms with Gasteiger partial charge in [-0.1, -0.05) is 18.2 Å². The number of anilines is 1. The van der Waals surface area contributed by atoms with E-state index in [2.05, 4.69) is 11.4 Å². The van der Waals surface area contributed by atoms with E-state index >= 15 is 0 Å². The average Bonchev–Trinajstić information content (AvgIpc) is 2.98. The van der Waals surface area contributed by atoms with E-state index in [9.17, 15) is 4.79 Å². The summed E-state index contributed by atoms with van der Waals surface area (Å²) in [5.74, 6) is 0.775. The van der Waals surface area contributed by atoms with Crippen LogP contribution < -0.4 is 5.32 Å². The molecule has 3 nitrogen and oxygen atoms in total. The highest BCUT2D eigenvalue weighted by Crippen LogP contribution is 2.33. The van der Waals surface area contributed by atoms with Crippen molar-refractivity contribution < 1.29 is 9.21 Å². The number of nitrogens with one attached hydrogen (secondary N) is 1. The van der Waals surface area contributed by atoms with Crippen LogP contribution in [0.1, 0.15) is 28.5 Å². The zero-order valence-corrected chi connectivity index (χ0v) is 9.35. The molecule has 3 heteroatoms. The SMILES string of the molecule is O=C(CC1CNc2ccccc21)c1ccco1. The van der Waals surface area contributed by atoms with Gasteiger partial charge in [0.05, 0.1) is 6.26 Å². The van der Waals surface area contributed by atoms with Gasteiger partial charge in [-0.25, -0.2) is 0 Å². The fourth-order valence-electron chi connectivity index (χ4n) is 2.30. The molecule has 0 spiro atoms. The maximum atomic E-state index is 12.0. The first-order valence-corrected chi connectivity index (χ1v) is 5.74. The Kier molecular flexibility index (Phi) is 2.44. The minimum Gasteiger partial charge on any atom is -0.461 e. The van der Waals surface area contributed by atoms with Gasteiger partial charge in [0.2, 0.25) is 0 Å². The van der Waals surface area contributed by atoms with Gasteiger partial charge in [-0.3, -0.25) is 4.79 Å². The molecule has 1 N–H and O–H groups in total. The van der Waals surface area contributed by atoms with Gasteiger partial charge in [-0.05, 0) is 23.8 Å². The highest BCUT2D eigenvalue weighted by atomic mass is 16.3. The first-order chi connectivity index (χ1) is 8.34. The normalized spacial score (nSPS) is 17.5. The molecule has 0 radical (unpaired) electrons. The van der Waals surface area contributed by atoms with Crippen molar-refractivity contribution in [2.24, 2.45) is 0 Å². The molecule has 1 aliphatic heterocycles. The van der Waals surface area contributed by atoms with E-state index in [1.54, 1.807) is 12.1 Å². The lowest BCUT2D eigenvalue weighted by atomic mass is 9.95. The molecule has 2 aromatic rings. The van der Waals surface area contributed by atoms with Crippen molar-refractivity contribution in [2.75, 3.05) is 11.9 Å². The monoisotopic (exact) mass is 227 g/mol. The predicted octanol–water partition coefficient (Wildman–Crippen LogP) is 3.06. The molecule has 0 saturated carbocycles. The second-order valence-corrected chi connectivity index (χ2v) is 4.27. The fourth-order valence-corrected chi connectivity index (χ4v) is 2.30. The minimum atomic E-state index is 0.0681. The zero-order valence-electron chi connectivity index (χ0n) is 9.35. The lowest BCUT2D eigenvalue weighted by molar-refractivity contribution is 0.0948. The van der Waals surface area contributed by atoms with Gasteiger partial charge in [0.1, 0.15) is 0 Å². The Balaban J connectivity index is 1.78. The number of rotatable bonds is 3. The van der Waals surface area contributed by atoms with Crippen LogP contribution in [-0.2, 0) is 0 Å². The van der Waals surface area contributed by atoms with Crippen molar-refractivity contribution in [1.29, 1.82) is 0 Å². The Labute approximate surface area is 99.4 Å². The van der Waals surface area contributed by atoms with Gasteiger partial charge in [-0.2, -0.15) is 0 Å². The summed E-state index contributed by atoms with van der Waals surface area (Å²) in [5.41, 5.74) is 2.37. The molecule has 0 fully saturated rings. The highest BCUT2D eigenvalue weighted by molar-refractivity contribution is 5.94. The molecule has 86 valence electrons. The highest BCUT2D eigenvalue weighted by Gasteiger charge is 2.25. The minimum absolute atomic E-state index is 0.0681. The maximum Gasteiger partial charge on any atom is 0.198 e. The van der Waals surface area contributed by atoms with E-state index in [0.717, 1.165) is 12.2 Å². The Hall–Kier alpha value is -2.03. The first-order valence-electron chi connectivity index (χ1n) is 5.74. The maximum absolute atomic E-state index is 12.0. The number of hydrogen-bond acceptors (Lipinski definition) is 3. The number of furan rings is 1. The zero-order chi connectivity index (χ0) is 11.7. The van der Waals surface area contributed by atoms with E-state index in [4.69, 9.17) is 4.42 Å². The third-order valence-electron chi connectivity index (χ3n) is 3.17. The number of ketones is 1. The van der Waals surface area contributed by atoms with Gasteiger partial charge in [0.25, 0.3) is 0 Å². The third-order valence-corrected chi connectivity index (χ3v) is 3.17. The topological polar surface area (TPSA) is 42.2 Å². The van der Waals surface area contributed by atoms with Crippen LogP contribution in [0.3, 0.4) is 0 Å². The van der Waals surface area contributed by atoms with Crippen molar-refractivity contribution in [2.45, 2.75) is 12.3 Å². The molecule has 1 aromatic carbocycles. The van der Waals surface area contributed by atoms with Crippen molar-refractivity contribution in [3.8, 4) is 0 Å². The fraction of sp³-hybridized carbons (Fsp3) is 0.214. The molecule has 0 saturated heterocycles. The summed E-state index contributed by atoms with van der Waals surface area (Å²) >= 11 is 0. The van der Waals surface area contributed by atoms with Crippen LogP contribution in [0.5, 0.6) is 0 Å². The van der Waals surface area contributed by atoms with E-state index < -0.39 is 0 Å². The number of Topliss-reactive ketones (excluding diaryl/α,β-unsaturated/α-hetero) is 1. The number of carbonyl (C=O) groups excluding carboxylic acids is 1. The number of hydrogen-bond donors (Lipinski definition) is 1. The number of fused-ring (bicyclic) bond motifs is 1. The molecule has 0 amide bonds. The van der Waals surface area contributed by atoms with Crippen LogP contribution in [0, 0.1) is 0 Å². The summed E-state index contributed by atoms with van der Waals surface area (Å²) in [7, 11) is 0. The molecular weight excluding hydrogens is 214 g/mol. The molecule has 1 atom stereocenters. The van der Waals surface area contributed by atoms with Crippen LogP contribution in [-0.4, -0.2) is 12.3 Å². The summed E-state index contributed by atoms with van der Waals surface area (Å²) in [6.45, 7) is 0.825. The molecule has 0 bridgehead atoms. The summed E-state index contributed by atoms with van der Waals surface area (Å²) in [6, 6.07) is 11.6. The lowest BCUT2D eigenvalue weighted by Gasteiger charge is -2.07. The Morgan fingerprint density at radius 1 is 1.29 bits per heavy atom. The first kappa shape index (κ1) is 10.1. The molecular formula is C14H13NO2. The van der Waals surface area contributed by atoms with Gasteiger partial charge in [-0.15, -0.1) is 0 Å². The average molecular weight is 227 g/mol. The molecule has 3 rings (SSSR count). The lowest BCUT2D eigenvalue weighted by Crippen LogP contribution is -2.08. The summed E-state index contributed by atoms with van der Waals surface area (Å²) < 4.78 is 5.12. The number of carbonyl (C=O) groups is 1. The molecule has 1 unspecified atom stereocenters. The van der Waals surface area contributed by atoms with E-state index in [-0.39, 0.29) is 11.7 Å². The summed E-state index contributed by atoms with van der Waals surface area (Å²) in [5, 5.41) is 3.32. The molecule has 0 aliphatic carbocycles. The van der Waals surface area contributed by atoms with E-state index in [1.165, 1.54) is 11.8 Å².